The first kappa shape index (κ1) is 40.3. The molecule has 1 saturated carbocycles. The molecule has 3 atom stereocenters. The number of amides is 1. The Morgan fingerprint density at radius 3 is 2.36 bits per heavy atom. The number of carbonyl (C=O) groups is 1. The van der Waals surface area contributed by atoms with E-state index >= 15 is 8.78 Å². The zero-order chi connectivity index (χ0) is 42.7. The van der Waals surface area contributed by atoms with E-state index in [1.807, 2.05) is 0 Å². The lowest BCUT2D eigenvalue weighted by Gasteiger charge is -2.24. The molecule has 3 aromatic carbocycles. The predicted molar refractivity (Wildman–Crippen MR) is 201 cm³/mol. The summed E-state index contributed by atoms with van der Waals surface area (Å²) in [6.45, 7) is -1.04. The second-order valence-electron chi connectivity index (χ2n) is 14.5. The molecule has 1 amide bonds. The lowest BCUT2D eigenvalue weighted by molar-refractivity contribution is -0.123. The number of carbonyl (C=O) groups excluding carboxylic acids is 1. The van der Waals surface area contributed by atoms with E-state index in [9.17, 15) is 44.0 Å². The zero-order valence-corrected chi connectivity index (χ0v) is 33.0. The Morgan fingerprint density at radius 1 is 1.02 bits per heavy atom. The van der Waals surface area contributed by atoms with Gasteiger partial charge < -0.3 is 5.32 Å². The van der Waals surface area contributed by atoms with Gasteiger partial charge in [-0.25, -0.2) is 39.4 Å². The van der Waals surface area contributed by atoms with Crippen LogP contribution in [-0.2, 0) is 50.6 Å². The van der Waals surface area contributed by atoms with Crippen LogP contribution in [0.4, 0.5) is 32.2 Å². The molecule has 2 aliphatic carbocycles. The lowest BCUT2D eigenvalue weighted by Crippen LogP contribution is -2.38. The fourth-order valence-corrected chi connectivity index (χ4v) is 9.17. The quantitative estimate of drug-likeness (QED) is 0.161. The summed E-state index contributed by atoms with van der Waals surface area (Å²) in [5.41, 5.74) is -3.28. The van der Waals surface area contributed by atoms with Gasteiger partial charge in [0.1, 0.15) is 35.4 Å². The van der Waals surface area contributed by atoms with Gasteiger partial charge in [0.05, 0.1) is 49.7 Å². The van der Waals surface area contributed by atoms with Crippen LogP contribution in [0.15, 0.2) is 58.2 Å². The van der Waals surface area contributed by atoms with E-state index in [1.54, 1.807) is 0 Å². The van der Waals surface area contributed by atoms with E-state index in [-0.39, 0.29) is 60.8 Å². The first-order chi connectivity index (χ1) is 27.5. The van der Waals surface area contributed by atoms with Crippen molar-refractivity contribution in [2.75, 3.05) is 17.2 Å². The molecule has 0 radical (unpaired) electrons. The number of nitrogens with one attached hydrogen (secondary N) is 2. The van der Waals surface area contributed by atoms with Gasteiger partial charge in [-0.05, 0) is 60.4 Å². The highest BCUT2D eigenvalue weighted by Crippen LogP contribution is 2.68. The highest BCUT2D eigenvalue weighted by Gasteiger charge is 2.67. The number of hydrogen-bond acceptors (Lipinski definition) is 9. The third-order valence-corrected chi connectivity index (χ3v) is 12.2. The third kappa shape index (κ3) is 7.09. The number of hydrogen-bond donors (Lipinski definition) is 2. The Hall–Kier alpha value is -5.48. The van der Waals surface area contributed by atoms with Gasteiger partial charge in [0, 0.05) is 37.3 Å². The maximum absolute atomic E-state index is 15.4. The number of sulfone groups is 1. The Labute approximate surface area is 334 Å². The molecule has 3 heterocycles. The molecule has 14 nitrogen and oxygen atoms in total. The van der Waals surface area contributed by atoms with Crippen LogP contribution < -0.4 is 15.6 Å². The molecule has 0 aliphatic heterocycles. The van der Waals surface area contributed by atoms with Crippen LogP contribution in [-0.4, -0.2) is 64.4 Å². The number of nitrogens with zero attached hydrogens (tertiary/aromatic N) is 6. The van der Waals surface area contributed by atoms with E-state index in [0.717, 1.165) is 41.3 Å². The summed E-state index contributed by atoms with van der Waals surface area (Å²) in [5.74, 6) is -9.49. The topological polar surface area (TPSA) is 180 Å². The fourth-order valence-electron chi connectivity index (χ4n) is 7.79. The first-order valence-electron chi connectivity index (χ1n) is 17.4. The minimum atomic E-state index is -3.94. The molecule has 1 unspecified atom stereocenters. The Balaban J connectivity index is 1.35. The predicted octanol–water partition coefficient (Wildman–Crippen LogP) is 5.42. The van der Waals surface area contributed by atoms with Crippen molar-refractivity contribution >= 4 is 65.0 Å². The number of alkyl halides is 4. The van der Waals surface area contributed by atoms with E-state index in [4.69, 9.17) is 11.6 Å². The number of fused-ring (bicyclic) bond motifs is 5. The molecule has 59 heavy (non-hydrogen) atoms. The average molecular weight is 883 g/mol. The number of halogens is 7. The molecule has 8 rings (SSSR count). The molecule has 310 valence electrons. The molecule has 6 aromatic rings. The van der Waals surface area contributed by atoms with E-state index < -0.39 is 103 Å². The van der Waals surface area contributed by atoms with E-state index in [1.165, 1.54) is 29.9 Å². The number of rotatable bonds is 11. The van der Waals surface area contributed by atoms with Crippen LogP contribution in [0.2, 0.25) is 5.02 Å². The highest BCUT2D eigenvalue weighted by molar-refractivity contribution is 7.92. The summed E-state index contributed by atoms with van der Waals surface area (Å²) in [6.07, 6.45) is -2.04. The van der Waals surface area contributed by atoms with Gasteiger partial charge in [-0.1, -0.05) is 11.6 Å². The molecule has 3 aromatic heterocycles. The van der Waals surface area contributed by atoms with Gasteiger partial charge >= 0.3 is 0 Å². The molecular weight excluding hydrogens is 854 g/mol. The van der Waals surface area contributed by atoms with Crippen molar-refractivity contribution in [3.05, 3.63) is 104 Å². The number of aromatic nitrogens is 6. The average Bonchev–Trinajstić information content (AvgIpc) is 3.66. The summed E-state index contributed by atoms with van der Waals surface area (Å²) in [7, 11) is -6.43. The molecule has 0 bridgehead atoms. The minimum absolute atomic E-state index is 0.0107. The summed E-state index contributed by atoms with van der Waals surface area (Å²) >= 11 is 6.55. The van der Waals surface area contributed by atoms with Gasteiger partial charge in [-0.15, -0.1) is 0 Å². The molecular formula is C36H29ClF6N8O6S2. The Bertz CT molecular complexity index is 3060. The van der Waals surface area contributed by atoms with Crippen LogP contribution in [0.25, 0.3) is 27.5 Å². The molecule has 2 N–H and O–H groups in total. The maximum atomic E-state index is 15.4. The van der Waals surface area contributed by atoms with Crippen molar-refractivity contribution in [3.8, 4) is 5.69 Å². The number of benzene rings is 3. The van der Waals surface area contributed by atoms with Gasteiger partial charge in [0.15, 0.2) is 15.7 Å². The van der Waals surface area contributed by atoms with E-state index in [0.29, 0.717) is 10.7 Å². The Morgan fingerprint density at radius 2 is 1.71 bits per heavy atom. The highest BCUT2D eigenvalue weighted by atomic mass is 35.5. The standard InChI is InChI=1S/C36H29ClF6N8O6S2/c1-49-30-25(7-6-22(37)28(30)33(47-49)48-59(3,56)57)51-34(45-23-12-18(58(2,54)55)4-5-19(23)35(51)53)24(10-15-8-16(38)11-17(39)9-15)44-26(52)14-50-31-27(29(46-50)32(40)41)20-13-21(20)36(31,42)43/h4-9,11-12,20-21,24,32H,10,13-14H2,1-3H3,(H,44,52)(H,47,48)/t20-,21+,24?/m0/s1. The number of sulfonamides is 1. The molecule has 23 heteroatoms. The van der Waals surface area contributed by atoms with Gasteiger partial charge in [0.2, 0.25) is 15.9 Å². The lowest BCUT2D eigenvalue weighted by atomic mass is 10.0. The molecule has 1 fully saturated rings. The maximum Gasteiger partial charge on any atom is 0.293 e. The van der Waals surface area contributed by atoms with Crippen molar-refractivity contribution in [2.24, 2.45) is 13.0 Å². The van der Waals surface area contributed by atoms with Crippen molar-refractivity contribution in [2.45, 2.75) is 48.6 Å². The van der Waals surface area contributed by atoms with Crippen LogP contribution in [0, 0.1) is 17.6 Å². The van der Waals surface area contributed by atoms with Crippen molar-refractivity contribution in [1.29, 1.82) is 0 Å². The van der Waals surface area contributed by atoms with Gasteiger partial charge in [-0.2, -0.15) is 19.0 Å². The molecule has 0 saturated heterocycles. The monoisotopic (exact) mass is 882 g/mol. The van der Waals surface area contributed by atoms with E-state index in [2.05, 4.69) is 25.2 Å². The largest absolute Gasteiger partial charge is 0.344 e. The molecule has 2 aliphatic rings. The van der Waals surface area contributed by atoms with Crippen LogP contribution in [0.5, 0.6) is 0 Å². The summed E-state index contributed by atoms with van der Waals surface area (Å²) in [5, 5.41) is 10.3. The first-order valence-corrected chi connectivity index (χ1v) is 21.6. The zero-order valence-electron chi connectivity index (χ0n) is 30.6. The van der Waals surface area contributed by atoms with Crippen LogP contribution >= 0.6 is 11.6 Å². The second-order valence-corrected chi connectivity index (χ2v) is 18.6. The third-order valence-electron chi connectivity index (χ3n) is 10.2. The normalized spacial score (nSPS) is 17.7. The fraction of sp³-hybridized carbons (Fsp3) is 0.306. The number of anilines is 1. The van der Waals surface area contributed by atoms with Crippen LogP contribution in [0.3, 0.4) is 0 Å². The SMILES string of the molecule is Cn1nc(NS(C)(=O)=O)c2c(Cl)ccc(-n3c(C(Cc4cc(F)cc(F)c4)NC(=O)Cn4nc(C(F)F)c5c4C(F)(F)[C@@H]4C[C@H]54)nc4cc(S(C)(=O)=O)ccc4c3=O)c21. The van der Waals surface area contributed by atoms with Crippen LogP contribution in [0.1, 0.15) is 53.1 Å². The summed E-state index contributed by atoms with van der Waals surface area (Å²) in [6, 6.07) is 6.87. The second kappa shape index (κ2) is 13.8. The smallest absolute Gasteiger partial charge is 0.293 e. The van der Waals surface area contributed by atoms with Gasteiger partial charge in [-0.3, -0.25) is 28.2 Å². The number of aryl methyl sites for hydroxylation is 1. The Kier molecular flexibility index (Phi) is 9.43. The van der Waals surface area contributed by atoms with Crippen molar-refractivity contribution in [1.82, 2.24) is 34.4 Å². The summed E-state index contributed by atoms with van der Waals surface area (Å²) < 4.78 is 143. The molecule has 0 spiro atoms. The summed E-state index contributed by atoms with van der Waals surface area (Å²) in [4.78, 5) is 33.1. The van der Waals surface area contributed by atoms with Crippen molar-refractivity contribution < 1.29 is 48.0 Å². The van der Waals surface area contributed by atoms with Crippen molar-refractivity contribution in [3.63, 3.8) is 0 Å². The minimum Gasteiger partial charge on any atom is -0.344 e. The van der Waals surface area contributed by atoms with Gasteiger partial charge in [0.25, 0.3) is 17.9 Å².